The Morgan fingerprint density at radius 3 is 2.36 bits per heavy atom. The number of carboxylic acid groups (broad SMARTS) is 1. The van der Waals surface area contributed by atoms with Gasteiger partial charge in [0.05, 0.1) is 5.92 Å². The SMILES string of the molecule is CN(C(=O)c1cccc(NC(=O)N2CCC(C(=O)O)CC2)c1)c1ccccc1. The first-order valence-electron chi connectivity index (χ1n) is 9.17. The minimum absolute atomic E-state index is 0.176. The fourth-order valence-corrected chi connectivity index (χ4v) is 3.22. The predicted octanol–water partition coefficient (Wildman–Crippen LogP) is 3.29. The van der Waals surface area contributed by atoms with Gasteiger partial charge in [0.15, 0.2) is 0 Å². The minimum Gasteiger partial charge on any atom is -0.481 e. The number of aliphatic carboxylic acids is 1. The van der Waals surface area contributed by atoms with Crippen molar-refractivity contribution in [3.63, 3.8) is 0 Å². The molecule has 2 aromatic rings. The molecule has 1 aliphatic rings. The number of benzene rings is 2. The van der Waals surface area contributed by atoms with Crippen LogP contribution in [-0.4, -0.2) is 48.1 Å². The zero-order chi connectivity index (χ0) is 20.1. The lowest BCUT2D eigenvalue weighted by molar-refractivity contribution is -0.143. The Labute approximate surface area is 163 Å². The number of para-hydroxylation sites is 1. The van der Waals surface area contributed by atoms with Crippen molar-refractivity contribution in [2.75, 3.05) is 30.4 Å². The molecule has 1 saturated heterocycles. The van der Waals surface area contributed by atoms with Crippen LogP contribution in [0, 0.1) is 5.92 Å². The van der Waals surface area contributed by atoms with Crippen LogP contribution in [0.15, 0.2) is 54.6 Å². The summed E-state index contributed by atoms with van der Waals surface area (Å²) in [6.07, 6.45) is 0.895. The first kappa shape index (κ1) is 19.4. The first-order valence-corrected chi connectivity index (χ1v) is 9.17. The summed E-state index contributed by atoms with van der Waals surface area (Å²) in [6, 6.07) is 15.8. The number of likely N-dealkylation sites (tertiary alicyclic amines) is 1. The molecule has 0 aliphatic carbocycles. The number of urea groups is 1. The van der Waals surface area contributed by atoms with E-state index in [1.54, 1.807) is 41.1 Å². The van der Waals surface area contributed by atoms with Gasteiger partial charge in [0.1, 0.15) is 0 Å². The molecule has 7 heteroatoms. The zero-order valence-corrected chi connectivity index (χ0v) is 15.7. The van der Waals surface area contributed by atoms with Crippen LogP contribution in [0.2, 0.25) is 0 Å². The maximum atomic E-state index is 12.7. The van der Waals surface area contributed by atoms with E-state index in [2.05, 4.69) is 5.32 Å². The van der Waals surface area contributed by atoms with Gasteiger partial charge in [-0.15, -0.1) is 0 Å². The number of rotatable bonds is 4. The molecule has 3 amide bonds. The fourth-order valence-electron chi connectivity index (χ4n) is 3.22. The first-order chi connectivity index (χ1) is 13.5. The van der Waals surface area contributed by atoms with E-state index in [0.717, 1.165) is 5.69 Å². The van der Waals surface area contributed by atoms with E-state index in [9.17, 15) is 14.4 Å². The average molecular weight is 381 g/mol. The summed E-state index contributed by atoms with van der Waals surface area (Å²) >= 11 is 0. The molecule has 0 bridgehead atoms. The number of carbonyl (C=O) groups excluding carboxylic acids is 2. The van der Waals surface area contributed by atoms with Gasteiger partial charge in [-0.3, -0.25) is 9.59 Å². The Kier molecular flexibility index (Phi) is 5.93. The summed E-state index contributed by atoms with van der Waals surface area (Å²) in [5.41, 5.74) is 1.77. The zero-order valence-electron chi connectivity index (χ0n) is 15.7. The smallest absolute Gasteiger partial charge is 0.321 e. The third-order valence-corrected chi connectivity index (χ3v) is 4.94. The fraction of sp³-hybridized carbons (Fsp3) is 0.286. The van der Waals surface area contributed by atoms with E-state index < -0.39 is 11.9 Å². The lowest BCUT2D eigenvalue weighted by Crippen LogP contribution is -2.42. The molecular formula is C21H23N3O4. The van der Waals surface area contributed by atoms with Crippen LogP contribution in [-0.2, 0) is 4.79 Å². The van der Waals surface area contributed by atoms with Gasteiger partial charge in [-0.25, -0.2) is 4.79 Å². The van der Waals surface area contributed by atoms with Crippen molar-refractivity contribution < 1.29 is 19.5 Å². The molecule has 0 radical (unpaired) electrons. The van der Waals surface area contributed by atoms with E-state index in [4.69, 9.17) is 5.11 Å². The highest BCUT2D eigenvalue weighted by Gasteiger charge is 2.27. The number of piperidine rings is 1. The molecule has 146 valence electrons. The molecule has 0 atom stereocenters. The number of amides is 3. The third kappa shape index (κ3) is 4.49. The highest BCUT2D eigenvalue weighted by atomic mass is 16.4. The number of anilines is 2. The minimum atomic E-state index is -0.811. The van der Waals surface area contributed by atoms with Gasteiger partial charge in [0, 0.05) is 37.1 Å². The molecule has 1 heterocycles. The van der Waals surface area contributed by atoms with Gasteiger partial charge in [-0.1, -0.05) is 24.3 Å². The molecule has 1 aliphatic heterocycles. The Bertz CT molecular complexity index is 861. The van der Waals surface area contributed by atoms with E-state index >= 15 is 0 Å². The molecule has 7 nitrogen and oxygen atoms in total. The Balaban J connectivity index is 1.64. The van der Waals surface area contributed by atoms with Crippen LogP contribution >= 0.6 is 0 Å². The van der Waals surface area contributed by atoms with E-state index in [1.165, 1.54) is 0 Å². The van der Waals surface area contributed by atoms with Gasteiger partial charge < -0.3 is 20.2 Å². The maximum absolute atomic E-state index is 12.7. The Morgan fingerprint density at radius 2 is 1.71 bits per heavy atom. The lowest BCUT2D eigenvalue weighted by atomic mass is 9.97. The van der Waals surface area contributed by atoms with Crippen LogP contribution < -0.4 is 10.2 Å². The summed E-state index contributed by atoms with van der Waals surface area (Å²) in [5.74, 6) is -1.38. The number of hydrogen-bond donors (Lipinski definition) is 2. The molecule has 0 spiro atoms. The topological polar surface area (TPSA) is 90.0 Å². The summed E-state index contributed by atoms with van der Waals surface area (Å²) in [5, 5.41) is 11.9. The number of carboxylic acids is 1. The third-order valence-electron chi connectivity index (χ3n) is 4.94. The van der Waals surface area contributed by atoms with Crippen molar-refractivity contribution in [2.45, 2.75) is 12.8 Å². The van der Waals surface area contributed by atoms with Crippen LogP contribution in [0.25, 0.3) is 0 Å². The van der Waals surface area contributed by atoms with Crippen LogP contribution in [0.1, 0.15) is 23.2 Å². The number of hydrogen-bond acceptors (Lipinski definition) is 3. The quantitative estimate of drug-likeness (QED) is 0.850. The molecule has 3 rings (SSSR count). The number of nitrogens with one attached hydrogen (secondary N) is 1. The predicted molar refractivity (Wildman–Crippen MR) is 107 cm³/mol. The van der Waals surface area contributed by atoms with Gasteiger partial charge in [-0.05, 0) is 43.2 Å². The lowest BCUT2D eigenvalue weighted by Gasteiger charge is -2.30. The molecule has 0 aromatic heterocycles. The highest BCUT2D eigenvalue weighted by Crippen LogP contribution is 2.20. The van der Waals surface area contributed by atoms with Crippen molar-refractivity contribution in [2.24, 2.45) is 5.92 Å². The molecule has 28 heavy (non-hydrogen) atoms. The Morgan fingerprint density at radius 1 is 1.04 bits per heavy atom. The standard InChI is InChI=1S/C21H23N3O4/c1-23(18-8-3-2-4-9-18)19(25)16-6-5-7-17(14-16)22-21(28)24-12-10-15(11-13-24)20(26)27/h2-9,14-15H,10-13H2,1H3,(H,22,28)(H,26,27). The van der Waals surface area contributed by atoms with Crippen LogP contribution in [0.5, 0.6) is 0 Å². The number of carbonyl (C=O) groups is 3. The second kappa shape index (κ2) is 8.56. The van der Waals surface area contributed by atoms with E-state index in [1.807, 2.05) is 30.3 Å². The second-order valence-corrected chi connectivity index (χ2v) is 6.81. The largest absolute Gasteiger partial charge is 0.481 e. The monoisotopic (exact) mass is 381 g/mol. The van der Waals surface area contributed by atoms with Crippen molar-refractivity contribution >= 4 is 29.3 Å². The molecule has 1 fully saturated rings. The van der Waals surface area contributed by atoms with Crippen LogP contribution in [0.4, 0.5) is 16.2 Å². The van der Waals surface area contributed by atoms with Gasteiger partial charge in [0.25, 0.3) is 5.91 Å². The van der Waals surface area contributed by atoms with Gasteiger partial charge >= 0.3 is 12.0 Å². The second-order valence-electron chi connectivity index (χ2n) is 6.81. The number of nitrogens with zero attached hydrogens (tertiary/aromatic N) is 2. The van der Waals surface area contributed by atoms with Crippen molar-refractivity contribution in [1.29, 1.82) is 0 Å². The van der Waals surface area contributed by atoms with Gasteiger partial charge in [-0.2, -0.15) is 0 Å². The summed E-state index contributed by atoms with van der Waals surface area (Å²) in [7, 11) is 1.70. The van der Waals surface area contributed by atoms with Crippen molar-refractivity contribution in [1.82, 2.24) is 4.90 Å². The van der Waals surface area contributed by atoms with Crippen LogP contribution in [0.3, 0.4) is 0 Å². The normalized spacial score (nSPS) is 14.4. The van der Waals surface area contributed by atoms with E-state index in [0.29, 0.717) is 37.2 Å². The van der Waals surface area contributed by atoms with Gasteiger partial charge in [0.2, 0.25) is 0 Å². The molecular weight excluding hydrogens is 358 g/mol. The Hall–Kier alpha value is -3.35. The molecule has 0 saturated carbocycles. The molecule has 2 N–H and O–H groups in total. The highest BCUT2D eigenvalue weighted by molar-refractivity contribution is 6.06. The molecule has 0 unspecified atom stereocenters. The summed E-state index contributed by atoms with van der Waals surface area (Å²) in [6.45, 7) is 0.802. The molecule has 2 aromatic carbocycles. The van der Waals surface area contributed by atoms with E-state index in [-0.39, 0.29) is 11.9 Å². The van der Waals surface area contributed by atoms with Crippen molar-refractivity contribution in [3.05, 3.63) is 60.2 Å². The average Bonchev–Trinajstić information content (AvgIpc) is 2.73. The summed E-state index contributed by atoms with van der Waals surface area (Å²) < 4.78 is 0. The maximum Gasteiger partial charge on any atom is 0.321 e. The van der Waals surface area contributed by atoms with Crippen molar-refractivity contribution in [3.8, 4) is 0 Å². The summed E-state index contributed by atoms with van der Waals surface area (Å²) in [4.78, 5) is 39.4.